The lowest BCUT2D eigenvalue weighted by Crippen LogP contribution is -2.30. The maximum atomic E-state index is 12.6. The number of carbonyl (C=O) groups is 2. The van der Waals surface area contributed by atoms with Crippen molar-refractivity contribution in [3.63, 3.8) is 0 Å². The molecule has 0 spiro atoms. The molecule has 0 bridgehead atoms. The molecule has 1 heterocycles. The van der Waals surface area contributed by atoms with Crippen LogP contribution in [0.15, 0.2) is 69.9 Å². The molecule has 0 aliphatic carbocycles. The number of carbonyl (C=O) groups excluding carboxylic acids is 2. The summed E-state index contributed by atoms with van der Waals surface area (Å²) in [7, 11) is 0. The molecule has 188 valence electrons. The van der Waals surface area contributed by atoms with Crippen LogP contribution in [0.1, 0.15) is 5.56 Å². The van der Waals surface area contributed by atoms with Crippen molar-refractivity contribution in [3.05, 3.63) is 76.5 Å². The fraction of sp³-hybridized carbons (Fsp3) is 0.0385. The summed E-state index contributed by atoms with van der Waals surface area (Å²) in [6.07, 6.45) is 2.66. The Bertz CT molecular complexity index is 1600. The van der Waals surface area contributed by atoms with Gasteiger partial charge in [-0.15, -0.1) is 0 Å². The van der Waals surface area contributed by atoms with Gasteiger partial charge in [-0.05, 0) is 42.0 Å². The van der Waals surface area contributed by atoms with Gasteiger partial charge in [-0.2, -0.15) is 0 Å². The first-order chi connectivity index (χ1) is 17.6. The predicted molar refractivity (Wildman–Crippen MR) is 130 cm³/mol. The minimum Gasteiger partial charge on any atom is -0.508 e. The molecule has 11 heteroatoms. The third kappa shape index (κ3) is 5.46. The highest BCUT2D eigenvalue weighted by Crippen LogP contribution is 2.37. The highest BCUT2D eigenvalue weighted by molar-refractivity contribution is 5.94. The smallest absolute Gasteiger partial charge is 0.330 e. The van der Waals surface area contributed by atoms with E-state index in [0.29, 0.717) is 5.56 Å². The number of phenols is 4. The van der Waals surface area contributed by atoms with Gasteiger partial charge >= 0.3 is 5.97 Å². The number of nitrogens with one attached hydrogen (secondary N) is 1. The minimum absolute atomic E-state index is 0.0526. The van der Waals surface area contributed by atoms with E-state index < -0.39 is 46.8 Å². The molecule has 1 aromatic heterocycles. The monoisotopic (exact) mass is 505 g/mol. The van der Waals surface area contributed by atoms with Crippen LogP contribution in [0.4, 0.5) is 0 Å². The van der Waals surface area contributed by atoms with Crippen LogP contribution in [0.2, 0.25) is 0 Å². The number of esters is 1. The predicted octanol–water partition coefficient (Wildman–Crippen LogP) is 2.72. The zero-order valence-electron chi connectivity index (χ0n) is 18.8. The first-order valence-corrected chi connectivity index (χ1v) is 10.6. The summed E-state index contributed by atoms with van der Waals surface area (Å²) in [5, 5.41) is 51.0. The van der Waals surface area contributed by atoms with Gasteiger partial charge in [-0.3, -0.25) is 9.59 Å². The lowest BCUT2D eigenvalue weighted by atomic mass is 10.1. The molecule has 37 heavy (non-hydrogen) atoms. The summed E-state index contributed by atoms with van der Waals surface area (Å²) in [6.45, 7) is -0.519. The molecule has 4 aromatic rings. The molecule has 6 N–H and O–H groups in total. The van der Waals surface area contributed by atoms with Crippen LogP contribution in [0, 0.1) is 0 Å². The van der Waals surface area contributed by atoms with Crippen molar-refractivity contribution in [2.75, 3.05) is 6.54 Å². The van der Waals surface area contributed by atoms with Gasteiger partial charge in [0.05, 0.1) is 0 Å². The molecule has 0 fully saturated rings. The SMILES string of the molecule is O=C(/C=C/c1ccc(O)cc1)NCC(=O)Oc1cc(O)c2c(=O)c(O)c(-c3ccc(O)c(O)c3)oc2c1. The molecule has 0 radical (unpaired) electrons. The Morgan fingerprint density at radius 1 is 0.892 bits per heavy atom. The van der Waals surface area contributed by atoms with Crippen LogP contribution < -0.4 is 15.5 Å². The van der Waals surface area contributed by atoms with Gasteiger partial charge in [0.15, 0.2) is 17.3 Å². The van der Waals surface area contributed by atoms with Gasteiger partial charge in [0.2, 0.25) is 17.1 Å². The molecule has 0 saturated carbocycles. The Balaban J connectivity index is 1.51. The minimum atomic E-state index is -0.980. The maximum absolute atomic E-state index is 12.6. The number of phenolic OH excluding ortho intramolecular Hbond substituents is 4. The number of hydrogen-bond acceptors (Lipinski definition) is 10. The maximum Gasteiger partial charge on any atom is 0.330 e. The Labute approximate surface area is 207 Å². The van der Waals surface area contributed by atoms with Crippen molar-refractivity contribution in [3.8, 4) is 45.8 Å². The van der Waals surface area contributed by atoms with Gasteiger partial charge < -0.3 is 40.0 Å². The first-order valence-electron chi connectivity index (χ1n) is 10.6. The van der Waals surface area contributed by atoms with Crippen molar-refractivity contribution in [1.82, 2.24) is 5.32 Å². The second-order valence-corrected chi connectivity index (χ2v) is 7.74. The molecule has 1 amide bonds. The number of hydrogen-bond donors (Lipinski definition) is 6. The van der Waals surface area contributed by atoms with E-state index in [1.807, 2.05) is 0 Å². The standard InChI is InChI=1S/C26H19NO10/c28-15-5-1-13(2-6-15)3-8-21(32)27-12-22(33)36-16-10-19(31)23-20(11-16)37-26(25(35)24(23)34)14-4-7-17(29)18(30)9-14/h1-11,28-31,35H,12H2,(H,27,32)/b8-3+. The van der Waals surface area contributed by atoms with Crippen molar-refractivity contribution in [2.24, 2.45) is 0 Å². The molecule has 0 saturated heterocycles. The average molecular weight is 505 g/mol. The summed E-state index contributed by atoms with van der Waals surface area (Å²) >= 11 is 0. The summed E-state index contributed by atoms with van der Waals surface area (Å²) in [5.41, 5.74) is -0.519. The van der Waals surface area contributed by atoms with E-state index in [4.69, 9.17) is 9.15 Å². The van der Waals surface area contributed by atoms with Crippen molar-refractivity contribution in [2.45, 2.75) is 0 Å². The summed E-state index contributed by atoms with van der Waals surface area (Å²) < 4.78 is 10.7. The Morgan fingerprint density at radius 2 is 1.62 bits per heavy atom. The molecular formula is C26H19NO10. The van der Waals surface area contributed by atoms with E-state index in [1.54, 1.807) is 12.1 Å². The molecule has 0 aliphatic rings. The third-order valence-electron chi connectivity index (χ3n) is 5.12. The molecule has 0 atom stereocenters. The van der Waals surface area contributed by atoms with E-state index in [2.05, 4.69) is 5.32 Å². The Hall–Kier alpha value is -5.45. The van der Waals surface area contributed by atoms with Crippen LogP contribution >= 0.6 is 0 Å². The van der Waals surface area contributed by atoms with E-state index in [-0.39, 0.29) is 33.8 Å². The largest absolute Gasteiger partial charge is 0.508 e. The number of rotatable bonds is 6. The van der Waals surface area contributed by atoms with Crippen LogP contribution in [-0.4, -0.2) is 44.0 Å². The van der Waals surface area contributed by atoms with Crippen LogP contribution in [-0.2, 0) is 9.59 Å². The van der Waals surface area contributed by atoms with E-state index in [9.17, 15) is 39.9 Å². The van der Waals surface area contributed by atoms with Crippen molar-refractivity contribution in [1.29, 1.82) is 0 Å². The summed E-state index contributed by atoms with van der Waals surface area (Å²) in [6, 6.07) is 11.6. The van der Waals surface area contributed by atoms with Crippen LogP contribution in [0.5, 0.6) is 34.5 Å². The highest BCUT2D eigenvalue weighted by atomic mass is 16.5. The van der Waals surface area contributed by atoms with Crippen LogP contribution in [0.25, 0.3) is 28.4 Å². The Morgan fingerprint density at radius 3 is 2.32 bits per heavy atom. The second-order valence-electron chi connectivity index (χ2n) is 7.74. The lowest BCUT2D eigenvalue weighted by Gasteiger charge is -2.10. The van der Waals surface area contributed by atoms with E-state index >= 15 is 0 Å². The van der Waals surface area contributed by atoms with Gasteiger partial charge in [-0.1, -0.05) is 12.1 Å². The number of amides is 1. The van der Waals surface area contributed by atoms with Crippen molar-refractivity contribution >= 4 is 28.9 Å². The van der Waals surface area contributed by atoms with Gasteiger partial charge in [0.25, 0.3) is 0 Å². The quantitative estimate of drug-likeness (QED) is 0.0984. The normalized spacial score (nSPS) is 11.0. The van der Waals surface area contributed by atoms with Crippen LogP contribution in [0.3, 0.4) is 0 Å². The Kier molecular flexibility index (Phi) is 6.69. The van der Waals surface area contributed by atoms with E-state index in [1.165, 1.54) is 30.4 Å². The summed E-state index contributed by atoms with van der Waals surface area (Å²) in [5.74, 6) is -4.40. The number of benzene rings is 3. The van der Waals surface area contributed by atoms with Gasteiger partial charge in [0.1, 0.15) is 34.8 Å². The zero-order chi connectivity index (χ0) is 26.7. The molecular weight excluding hydrogens is 486 g/mol. The summed E-state index contributed by atoms with van der Waals surface area (Å²) in [4.78, 5) is 36.8. The topological polar surface area (TPSA) is 187 Å². The zero-order valence-corrected chi connectivity index (χ0v) is 18.8. The molecule has 4 rings (SSSR count). The fourth-order valence-electron chi connectivity index (χ4n) is 3.33. The molecule has 11 nitrogen and oxygen atoms in total. The van der Waals surface area contributed by atoms with Crippen molar-refractivity contribution < 1.29 is 44.3 Å². The van der Waals surface area contributed by atoms with E-state index in [0.717, 1.165) is 24.3 Å². The fourth-order valence-corrected chi connectivity index (χ4v) is 3.33. The van der Waals surface area contributed by atoms with Gasteiger partial charge in [0, 0.05) is 23.8 Å². The third-order valence-corrected chi connectivity index (χ3v) is 5.12. The molecule has 3 aromatic carbocycles. The number of ether oxygens (including phenoxy) is 1. The molecule has 0 aliphatic heterocycles. The number of aromatic hydroxyl groups is 5. The first kappa shape index (κ1) is 24.7. The highest BCUT2D eigenvalue weighted by Gasteiger charge is 2.20. The van der Waals surface area contributed by atoms with Gasteiger partial charge in [-0.25, -0.2) is 4.79 Å². The number of fused-ring (bicyclic) bond motifs is 1. The average Bonchev–Trinajstić information content (AvgIpc) is 2.86. The molecule has 0 unspecified atom stereocenters. The lowest BCUT2D eigenvalue weighted by molar-refractivity contribution is -0.134. The second kappa shape index (κ2) is 10.0.